The summed E-state index contributed by atoms with van der Waals surface area (Å²) in [5.74, 6) is -0.0609. The number of amides is 1. The molecule has 3 aromatic rings. The molecule has 0 N–H and O–H groups in total. The number of ether oxygens (including phenoxy) is 2. The number of alkyl halides is 3. The number of pyridine rings is 1. The van der Waals surface area contributed by atoms with Gasteiger partial charge in [0.05, 0.1) is 6.04 Å². The highest BCUT2D eigenvalue weighted by atomic mass is 19.4. The maximum Gasteiger partial charge on any atom is 0.422 e. The van der Waals surface area contributed by atoms with Gasteiger partial charge in [-0.15, -0.1) is 0 Å². The molecule has 38 heavy (non-hydrogen) atoms. The highest BCUT2D eigenvalue weighted by Gasteiger charge is 2.39. The normalized spacial score (nSPS) is 20.4. The van der Waals surface area contributed by atoms with Crippen molar-refractivity contribution >= 4 is 11.7 Å². The molecule has 1 aromatic heterocycles. The minimum absolute atomic E-state index is 0.00514. The molecular formula is C30H27F3N2O3. The average Bonchev–Trinajstić information content (AvgIpc) is 3.23. The lowest BCUT2D eigenvalue weighted by atomic mass is 9.83. The zero-order chi connectivity index (χ0) is 26.3. The Morgan fingerprint density at radius 1 is 0.974 bits per heavy atom. The molecule has 8 heteroatoms. The Morgan fingerprint density at radius 2 is 1.68 bits per heavy atom. The summed E-state index contributed by atoms with van der Waals surface area (Å²) < 4.78 is 47.9. The van der Waals surface area contributed by atoms with Crippen LogP contribution in [0.3, 0.4) is 0 Å². The quantitative estimate of drug-likeness (QED) is 0.364. The van der Waals surface area contributed by atoms with Crippen molar-refractivity contribution in [2.45, 2.75) is 49.9 Å². The van der Waals surface area contributed by atoms with Crippen molar-refractivity contribution in [3.63, 3.8) is 0 Å². The number of halogens is 3. The highest BCUT2D eigenvalue weighted by molar-refractivity contribution is 5.79. The highest BCUT2D eigenvalue weighted by Crippen LogP contribution is 2.45. The Bertz CT molecular complexity index is 1320. The first-order valence-electron chi connectivity index (χ1n) is 12.9. The molecule has 2 bridgehead atoms. The Balaban J connectivity index is 1.15. The van der Waals surface area contributed by atoms with Crippen molar-refractivity contribution in [2.75, 3.05) is 13.2 Å². The van der Waals surface area contributed by atoms with E-state index in [-0.39, 0.29) is 36.6 Å². The molecular weight excluding hydrogens is 493 g/mol. The summed E-state index contributed by atoms with van der Waals surface area (Å²) in [6.07, 6.45) is 2.28. The van der Waals surface area contributed by atoms with E-state index in [1.165, 1.54) is 34.5 Å². The van der Waals surface area contributed by atoms with Crippen molar-refractivity contribution in [1.82, 2.24) is 9.88 Å². The number of nitrogens with zero attached hydrogens (tertiary/aromatic N) is 2. The number of benzene rings is 2. The summed E-state index contributed by atoms with van der Waals surface area (Å²) in [5.41, 5.74) is 6.60. The van der Waals surface area contributed by atoms with Crippen LogP contribution >= 0.6 is 0 Å². The molecule has 2 aliphatic heterocycles. The smallest absolute Gasteiger partial charge is 0.422 e. The molecule has 5 nitrogen and oxygen atoms in total. The van der Waals surface area contributed by atoms with Gasteiger partial charge in [-0.25, -0.2) is 9.78 Å². The van der Waals surface area contributed by atoms with Crippen molar-refractivity contribution in [2.24, 2.45) is 0 Å². The molecule has 2 unspecified atom stereocenters. The van der Waals surface area contributed by atoms with Crippen LogP contribution in [0.5, 0.6) is 5.88 Å². The third-order valence-corrected chi connectivity index (χ3v) is 7.67. The number of fused-ring (bicyclic) bond motifs is 5. The van der Waals surface area contributed by atoms with E-state index < -0.39 is 12.8 Å². The van der Waals surface area contributed by atoms with Gasteiger partial charge < -0.3 is 9.47 Å². The molecule has 2 atom stereocenters. The molecule has 0 spiro atoms. The van der Waals surface area contributed by atoms with Gasteiger partial charge in [0.1, 0.15) is 6.61 Å². The van der Waals surface area contributed by atoms with E-state index in [1.54, 1.807) is 6.07 Å². The molecule has 6 rings (SSSR count). The minimum atomic E-state index is -4.41. The maximum atomic E-state index is 13.4. The SMILES string of the molecule is O=C(OCC1c2ccccc2-c2ccccc21)N1C2C=C(c3ccc(OCC(F)(F)F)nc3)CC1CCC2. The maximum absolute atomic E-state index is 13.4. The van der Waals surface area contributed by atoms with Crippen LogP contribution < -0.4 is 4.74 Å². The molecule has 1 amide bonds. The molecule has 196 valence electrons. The number of hydrogen-bond donors (Lipinski definition) is 0. The second kappa shape index (κ2) is 9.82. The zero-order valence-electron chi connectivity index (χ0n) is 20.7. The van der Waals surface area contributed by atoms with Gasteiger partial charge >= 0.3 is 12.3 Å². The molecule has 1 aliphatic carbocycles. The molecule has 0 saturated carbocycles. The van der Waals surface area contributed by atoms with Gasteiger partial charge in [-0.05, 0) is 65.1 Å². The second-order valence-corrected chi connectivity index (χ2v) is 10.0. The summed E-state index contributed by atoms with van der Waals surface area (Å²) in [4.78, 5) is 19.3. The summed E-state index contributed by atoms with van der Waals surface area (Å²) in [6.45, 7) is -1.09. The van der Waals surface area contributed by atoms with Crippen LogP contribution in [0, 0.1) is 0 Å². The molecule has 0 radical (unpaired) electrons. The standard InChI is InChI=1S/C30H27F3N2O3/c31-30(32,33)18-38-28-13-12-19(16-34-28)20-14-21-6-5-7-22(15-20)35(21)29(36)37-17-27-25-10-3-1-8-23(25)24-9-2-4-11-26(24)27/h1-4,8-14,16,21-22,27H,5-7,15,17-18H2. The lowest BCUT2D eigenvalue weighted by Crippen LogP contribution is -2.51. The van der Waals surface area contributed by atoms with Crippen LogP contribution in [0.25, 0.3) is 16.7 Å². The average molecular weight is 521 g/mol. The van der Waals surface area contributed by atoms with E-state index in [2.05, 4.69) is 35.3 Å². The second-order valence-electron chi connectivity index (χ2n) is 10.0. The summed E-state index contributed by atoms with van der Waals surface area (Å²) in [6, 6.07) is 19.6. The lowest BCUT2D eigenvalue weighted by Gasteiger charge is -2.44. The molecule has 3 aliphatic rings. The van der Waals surface area contributed by atoms with Gasteiger partial charge in [0.15, 0.2) is 6.61 Å². The number of rotatable bonds is 5. The van der Waals surface area contributed by atoms with Crippen molar-refractivity contribution in [1.29, 1.82) is 0 Å². The van der Waals surface area contributed by atoms with E-state index >= 15 is 0 Å². The van der Waals surface area contributed by atoms with Crippen LogP contribution in [0.1, 0.15) is 48.3 Å². The zero-order valence-corrected chi connectivity index (χ0v) is 20.7. The van der Waals surface area contributed by atoms with E-state index in [4.69, 9.17) is 9.47 Å². The Hall–Kier alpha value is -3.81. The van der Waals surface area contributed by atoms with Crippen molar-refractivity contribution in [3.8, 4) is 17.0 Å². The van der Waals surface area contributed by atoms with Gasteiger partial charge in [0, 0.05) is 24.2 Å². The molecule has 2 aromatic carbocycles. The van der Waals surface area contributed by atoms with Crippen LogP contribution in [-0.2, 0) is 4.74 Å². The first-order valence-corrected chi connectivity index (χ1v) is 12.9. The van der Waals surface area contributed by atoms with E-state index in [0.29, 0.717) is 6.42 Å². The number of piperidine rings is 1. The topological polar surface area (TPSA) is 51.7 Å². The first-order chi connectivity index (χ1) is 18.4. The van der Waals surface area contributed by atoms with Crippen LogP contribution in [0.4, 0.5) is 18.0 Å². The number of aromatic nitrogens is 1. The third-order valence-electron chi connectivity index (χ3n) is 7.67. The van der Waals surface area contributed by atoms with Gasteiger partial charge in [0.2, 0.25) is 5.88 Å². The third kappa shape index (κ3) is 4.75. The fourth-order valence-corrected chi connectivity index (χ4v) is 6.01. The van der Waals surface area contributed by atoms with Gasteiger partial charge in [-0.1, -0.05) is 54.6 Å². The summed E-state index contributed by atoms with van der Waals surface area (Å²) in [7, 11) is 0. The van der Waals surface area contributed by atoms with Crippen molar-refractivity contribution in [3.05, 3.63) is 89.6 Å². The number of carbonyl (C=O) groups excluding carboxylic acids is 1. The predicted octanol–water partition coefficient (Wildman–Crippen LogP) is 6.98. The lowest BCUT2D eigenvalue weighted by molar-refractivity contribution is -0.154. The van der Waals surface area contributed by atoms with Crippen LogP contribution in [0.2, 0.25) is 0 Å². The van der Waals surface area contributed by atoms with Crippen molar-refractivity contribution < 1.29 is 27.4 Å². The molecule has 1 fully saturated rings. The van der Waals surface area contributed by atoms with E-state index in [1.807, 2.05) is 29.2 Å². The van der Waals surface area contributed by atoms with Crippen LogP contribution in [-0.4, -0.2) is 47.5 Å². The molecule has 3 heterocycles. The summed E-state index contributed by atoms with van der Waals surface area (Å²) in [5, 5.41) is 0. The minimum Gasteiger partial charge on any atom is -0.468 e. The Morgan fingerprint density at radius 3 is 2.32 bits per heavy atom. The number of hydrogen-bond acceptors (Lipinski definition) is 4. The van der Waals surface area contributed by atoms with E-state index in [0.717, 1.165) is 30.4 Å². The predicted molar refractivity (Wildman–Crippen MR) is 137 cm³/mol. The monoisotopic (exact) mass is 520 g/mol. The Kier molecular flexibility index (Phi) is 6.33. The largest absolute Gasteiger partial charge is 0.468 e. The van der Waals surface area contributed by atoms with E-state index in [9.17, 15) is 18.0 Å². The van der Waals surface area contributed by atoms with Gasteiger partial charge in [-0.3, -0.25) is 4.90 Å². The van der Waals surface area contributed by atoms with Gasteiger partial charge in [0.25, 0.3) is 0 Å². The summed E-state index contributed by atoms with van der Waals surface area (Å²) >= 11 is 0. The fraction of sp³-hybridized carbons (Fsp3) is 0.333. The van der Waals surface area contributed by atoms with Gasteiger partial charge in [-0.2, -0.15) is 13.2 Å². The molecule has 1 saturated heterocycles. The number of carbonyl (C=O) groups is 1. The Labute approximate surface area is 218 Å². The fourth-order valence-electron chi connectivity index (χ4n) is 6.01. The first kappa shape index (κ1) is 24.5. The van der Waals surface area contributed by atoms with Crippen LogP contribution in [0.15, 0.2) is 72.9 Å².